The van der Waals surface area contributed by atoms with E-state index in [1.54, 1.807) is 0 Å². The number of nitrogens with zero attached hydrogens (tertiary/aromatic N) is 2. The molecular weight excluding hydrogens is 306 g/mol. The molecule has 4 nitrogen and oxygen atoms in total. The third kappa shape index (κ3) is 3.04. The molecule has 1 saturated heterocycles. The summed E-state index contributed by atoms with van der Waals surface area (Å²) in [5, 5.41) is 11.6. The van der Waals surface area contributed by atoms with E-state index in [0.29, 0.717) is 6.04 Å². The Labute approximate surface area is 140 Å². The van der Waals surface area contributed by atoms with Crippen molar-refractivity contribution >= 4 is 21.4 Å². The largest absolute Gasteiger partial charge is 0.372 e. The van der Waals surface area contributed by atoms with Gasteiger partial charge in [-0.25, -0.2) is 0 Å². The Hall–Kier alpha value is -1.69. The average molecular weight is 327 g/mol. The lowest BCUT2D eigenvalue weighted by Gasteiger charge is -2.32. The number of rotatable bonds is 4. The summed E-state index contributed by atoms with van der Waals surface area (Å²) in [5.41, 5.74) is 2.54. The van der Waals surface area contributed by atoms with Crippen LogP contribution in [-0.2, 0) is 18.3 Å². The number of ether oxygens (including phenoxy) is 1. The van der Waals surface area contributed by atoms with Crippen molar-refractivity contribution in [3.8, 4) is 0 Å². The van der Waals surface area contributed by atoms with Crippen LogP contribution in [0.25, 0.3) is 10.1 Å². The van der Waals surface area contributed by atoms with Gasteiger partial charge in [-0.05, 0) is 35.2 Å². The van der Waals surface area contributed by atoms with Crippen molar-refractivity contribution in [3.05, 3.63) is 53.2 Å². The van der Waals surface area contributed by atoms with E-state index in [-0.39, 0.29) is 6.10 Å². The highest BCUT2D eigenvalue weighted by Crippen LogP contribution is 2.30. The summed E-state index contributed by atoms with van der Waals surface area (Å²) >= 11 is 1.82. The van der Waals surface area contributed by atoms with Crippen molar-refractivity contribution in [2.24, 2.45) is 7.05 Å². The van der Waals surface area contributed by atoms with Crippen LogP contribution in [0, 0.1) is 0 Å². The van der Waals surface area contributed by atoms with Gasteiger partial charge in [0.15, 0.2) is 0 Å². The number of hydrogen-bond donors (Lipinski definition) is 1. The molecule has 0 aliphatic carbocycles. The normalized spacial score (nSPS) is 21.8. The zero-order chi connectivity index (χ0) is 15.6. The molecule has 5 heteroatoms. The molecule has 1 aromatic carbocycles. The number of benzene rings is 1. The number of aromatic nitrogens is 2. The summed E-state index contributed by atoms with van der Waals surface area (Å²) in [6.07, 6.45) is 6.33. The van der Waals surface area contributed by atoms with Crippen LogP contribution in [0.4, 0.5) is 0 Å². The highest BCUT2D eigenvalue weighted by Gasteiger charge is 2.28. The SMILES string of the molecule is Cn1cc([C@H]2OCCC[C@@H]2NCc2csc3ccccc23)cn1. The molecule has 1 aliphatic rings. The van der Waals surface area contributed by atoms with Crippen molar-refractivity contribution in [1.29, 1.82) is 0 Å². The molecule has 1 fully saturated rings. The fourth-order valence-electron chi connectivity index (χ4n) is 3.32. The number of fused-ring (bicyclic) bond motifs is 1. The minimum atomic E-state index is 0.0994. The fourth-order valence-corrected chi connectivity index (χ4v) is 4.28. The van der Waals surface area contributed by atoms with E-state index >= 15 is 0 Å². The van der Waals surface area contributed by atoms with Gasteiger partial charge in [-0.15, -0.1) is 11.3 Å². The summed E-state index contributed by atoms with van der Waals surface area (Å²) in [4.78, 5) is 0. The first-order chi connectivity index (χ1) is 11.3. The average Bonchev–Trinajstić information content (AvgIpc) is 3.19. The van der Waals surface area contributed by atoms with Crippen molar-refractivity contribution < 1.29 is 4.74 Å². The van der Waals surface area contributed by atoms with Gasteiger partial charge in [0, 0.05) is 42.7 Å². The lowest BCUT2D eigenvalue weighted by Crippen LogP contribution is -2.39. The molecule has 0 amide bonds. The van der Waals surface area contributed by atoms with Crippen molar-refractivity contribution in [2.45, 2.75) is 31.5 Å². The van der Waals surface area contributed by atoms with Gasteiger partial charge in [0.25, 0.3) is 0 Å². The topological polar surface area (TPSA) is 39.1 Å². The summed E-state index contributed by atoms with van der Waals surface area (Å²) in [5.74, 6) is 0. The molecule has 120 valence electrons. The van der Waals surface area contributed by atoms with Gasteiger partial charge in [-0.2, -0.15) is 5.10 Å². The molecule has 0 radical (unpaired) electrons. The fraction of sp³-hybridized carbons (Fsp3) is 0.389. The van der Waals surface area contributed by atoms with Gasteiger partial charge in [0.2, 0.25) is 0 Å². The standard InChI is InChI=1S/C18H21N3OS/c1-21-11-13(10-20-21)18-16(6-4-8-22-18)19-9-14-12-23-17-7-3-2-5-15(14)17/h2-3,5,7,10-12,16,18-19H,4,6,8-9H2,1H3/t16-,18+/m0/s1. The van der Waals surface area contributed by atoms with Crippen LogP contribution >= 0.6 is 11.3 Å². The van der Waals surface area contributed by atoms with Gasteiger partial charge in [0.05, 0.1) is 6.20 Å². The van der Waals surface area contributed by atoms with E-state index in [2.05, 4.69) is 46.3 Å². The van der Waals surface area contributed by atoms with Crippen LogP contribution < -0.4 is 5.32 Å². The summed E-state index contributed by atoms with van der Waals surface area (Å²) in [6.45, 7) is 1.72. The molecule has 1 N–H and O–H groups in total. The van der Waals surface area contributed by atoms with Crippen LogP contribution in [0.5, 0.6) is 0 Å². The Morgan fingerprint density at radius 3 is 3.17 bits per heavy atom. The predicted octanol–water partition coefficient (Wildman–Crippen LogP) is 3.64. The Morgan fingerprint density at radius 2 is 2.30 bits per heavy atom. The van der Waals surface area contributed by atoms with E-state index in [1.165, 1.54) is 21.2 Å². The molecule has 2 aromatic heterocycles. The second-order valence-corrected chi connectivity index (χ2v) is 7.04. The zero-order valence-electron chi connectivity index (χ0n) is 13.2. The lowest BCUT2D eigenvalue weighted by molar-refractivity contribution is -0.0112. The Kier molecular flexibility index (Phi) is 4.16. The first-order valence-electron chi connectivity index (χ1n) is 8.10. The smallest absolute Gasteiger partial charge is 0.101 e. The van der Waals surface area contributed by atoms with Gasteiger partial charge >= 0.3 is 0 Å². The first kappa shape index (κ1) is 14.9. The predicted molar refractivity (Wildman–Crippen MR) is 93.6 cm³/mol. The Morgan fingerprint density at radius 1 is 1.39 bits per heavy atom. The second-order valence-electron chi connectivity index (χ2n) is 6.13. The van der Waals surface area contributed by atoms with E-state index < -0.39 is 0 Å². The molecule has 4 rings (SSSR count). The molecule has 0 saturated carbocycles. The molecule has 3 heterocycles. The van der Waals surface area contributed by atoms with Crippen LogP contribution in [0.3, 0.4) is 0 Å². The number of aryl methyl sites for hydroxylation is 1. The lowest BCUT2D eigenvalue weighted by atomic mass is 9.98. The van der Waals surface area contributed by atoms with Gasteiger partial charge in [-0.3, -0.25) is 4.68 Å². The molecular formula is C18H21N3OS. The monoisotopic (exact) mass is 327 g/mol. The summed E-state index contributed by atoms with van der Waals surface area (Å²) < 4.78 is 9.23. The molecule has 0 spiro atoms. The Balaban J connectivity index is 1.50. The number of nitrogens with one attached hydrogen (secondary N) is 1. The summed E-state index contributed by atoms with van der Waals surface area (Å²) in [6, 6.07) is 8.95. The number of thiophene rings is 1. The number of hydrogen-bond acceptors (Lipinski definition) is 4. The van der Waals surface area contributed by atoms with Gasteiger partial charge in [0.1, 0.15) is 6.10 Å². The van der Waals surface area contributed by atoms with Crippen LogP contribution in [0.1, 0.15) is 30.1 Å². The maximum Gasteiger partial charge on any atom is 0.101 e. The third-order valence-corrected chi connectivity index (χ3v) is 5.50. The molecule has 2 atom stereocenters. The zero-order valence-corrected chi connectivity index (χ0v) is 14.1. The van der Waals surface area contributed by atoms with Crippen LogP contribution in [0.2, 0.25) is 0 Å². The maximum absolute atomic E-state index is 6.03. The van der Waals surface area contributed by atoms with Crippen LogP contribution in [-0.4, -0.2) is 22.4 Å². The molecule has 23 heavy (non-hydrogen) atoms. The molecule has 0 bridgehead atoms. The molecule has 0 unspecified atom stereocenters. The second kappa shape index (κ2) is 6.43. The molecule has 1 aliphatic heterocycles. The minimum Gasteiger partial charge on any atom is -0.372 e. The van der Waals surface area contributed by atoms with E-state index in [9.17, 15) is 0 Å². The highest BCUT2D eigenvalue weighted by atomic mass is 32.1. The maximum atomic E-state index is 6.03. The van der Waals surface area contributed by atoms with E-state index in [4.69, 9.17) is 4.74 Å². The van der Waals surface area contributed by atoms with Crippen LogP contribution in [0.15, 0.2) is 42.0 Å². The Bertz CT molecular complexity index is 794. The van der Waals surface area contributed by atoms with E-state index in [0.717, 1.165) is 26.0 Å². The quantitative estimate of drug-likeness (QED) is 0.795. The molecule has 3 aromatic rings. The van der Waals surface area contributed by atoms with Crippen molar-refractivity contribution in [2.75, 3.05) is 6.61 Å². The summed E-state index contributed by atoms with van der Waals surface area (Å²) in [7, 11) is 1.95. The first-order valence-corrected chi connectivity index (χ1v) is 8.98. The van der Waals surface area contributed by atoms with Crippen molar-refractivity contribution in [1.82, 2.24) is 15.1 Å². The highest BCUT2D eigenvalue weighted by molar-refractivity contribution is 7.17. The third-order valence-electron chi connectivity index (χ3n) is 4.49. The van der Waals surface area contributed by atoms with Gasteiger partial charge < -0.3 is 10.1 Å². The van der Waals surface area contributed by atoms with Crippen molar-refractivity contribution in [3.63, 3.8) is 0 Å². The van der Waals surface area contributed by atoms with E-state index in [1.807, 2.05) is 29.3 Å². The minimum absolute atomic E-state index is 0.0994. The van der Waals surface area contributed by atoms with Gasteiger partial charge in [-0.1, -0.05) is 18.2 Å².